The Balaban J connectivity index is 1.52. The molecule has 0 unspecified atom stereocenters. The predicted octanol–water partition coefficient (Wildman–Crippen LogP) is 3.89. The van der Waals surface area contributed by atoms with Crippen LogP contribution in [0.15, 0.2) is 17.3 Å². The third kappa shape index (κ3) is 3.02. The number of rotatable bonds is 5. The lowest BCUT2D eigenvalue weighted by atomic mass is 10.2. The zero-order chi connectivity index (χ0) is 15.8. The molecular weight excluding hydrogens is 334 g/mol. The average Bonchev–Trinajstić information content (AvgIpc) is 3.33. The van der Waals surface area contributed by atoms with Crippen molar-refractivity contribution in [3.8, 4) is 11.5 Å². The van der Waals surface area contributed by atoms with Gasteiger partial charge in [-0.15, -0.1) is 10.2 Å². The maximum atomic E-state index is 6.29. The van der Waals surface area contributed by atoms with Gasteiger partial charge in [-0.2, -0.15) is 0 Å². The molecule has 0 atom stereocenters. The van der Waals surface area contributed by atoms with Crippen molar-refractivity contribution in [1.82, 2.24) is 14.8 Å². The van der Waals surface area contributed by atoms with Crippen molar-refractivity contribution < 1.29 is 9.47 Å². The molecule has 0 radical (unpaired) electrons. The van der Waals surface area contributed by atoms with Crippen LogP contribution in [0.2, 0.25) is 5.02 Å². The molecule has 1 aliphatic carbocycles. The van der Waals surface area contributed by atoms with E-state index in [1.807, 2.05) is 12.1 Å². The molecule has 0 amide bonds. The van der Waals surface area contributed by atoms with Crippen molar-refractivity contribution in [2.75, 3.05) is 13.2 Å². The Morgan fingerprint density at radius 3 is 2.87 bits per heavy atom. The van der Waals surface area contributed by atoms with Crippen molar-refractivity contribution in [3.05, 3.63) is 28.5 Å². The minimum atomic E-state index is 0.546. The van der Waals surface area contributed by atoms with E-state index in [-0.39, 0.29) is 0 Å². The summed E-state index contributed by atoms with van der Waals surface area (Å²) in [6, 6.07) is 3.94. The highest BCUT2D eigenvalue weighted by molar-refractivity contribution is 7.98. The van der Waals surface area contributed by atoms with Gasteiger partial charge in [0.2, 0.25) is 0 Å². The number of nitrogens with zero attached hydrogens (tertiary/aromatic N) is 3. The monoisotopic (exact) mass is 351 g/mol. The van der Waals surface area contributed by atoms with Crippen molar-refractivity contribution in [2.24, 2.45) is 0 Å². The molecule has 2 aromatic rings. The Hall–Kier alpha value is -1.40. The van der Waals surface area contributed by atoms with Crippen molar-refractivity contribution in [2.45, 2.75) is 43.1 Å². The number of halogens is 1. The Labute approximate surface area is 144 Å². The van der Waals surface area contributed by atoms with Crippen LogP contribution in [0.25, 0.3) is 0 Å². The molecule has 0 N–H and O–H groups in total. The van der Waals surface area contributed by atoms with Gasteiger partial charge >= 0.3 is 0 Å². The molecule has 1 aromatic heterocycles. The molecule has 2 heterocycles. The van der Waals surface area contributed by atoms with E-state index >= 15 is 0 Å². The normalized spacial score (nSPS) is 16.6. The minimum absolute atomic E-state index is 0.546. The first-order chi connectivity index (χ1) is 11.3. The van der Waals surface area contributed by atoms with Gasteiger partial charge in [-0.1, -0.05) is 23.4 Å². The number of fused-ring (bicyclic) bond motifs is 1. The summed E-state index contributed by atoms with van der Waals surface area (Å²) < 4.78 is 13.4. The second kappa shape index (κ2) is 6.24. The Bertz CT molecular complexity index is 730. The minimum Gasteiger partial charge on any atom is -0.486 e. The van der Waals surface area contributed by atoms with Crippen molar-refractivity contribution in [3.63, 3.8) is 0 Å². The van der Waals surface area contributed by atoms with Gasteiger partial charge in [0.25, 0.3) is 0 Å². The number of hydrogen-bond donors (Lipinski definition) is 0. The van der Waals surface area contributed by atoms with Gasteiger partial charge in [0.1, 0.15) is 19.0 Å². The van der Waals surface area contributed by atoms with Crippen LogP contribution in [0.3, 0.4) is 0 Å². The fourth-order valence-electron chi connectivity index (χ4n) is 2.74. The van der Waals surface area contributed by atoms with Gasteiger partial charge in [0.05, 0.1) is 5.02 Å². The van der Waals surface area contributed by atoms with E-state index in [1.54, 1.807) is 11.8 Å². The summed E-state index contributed by atoms with van der Waals surface area (Å²) in [7, 11) is 0. The second-order valence-corrected chi connectivity index (χ2v) is 7.10. The van der Waals surface area contributed by atoms with Gasteiger partial charge in [-0.25, -0.2) is 0 Å². The summed E-state index contributed by atoms with van der Waals surface area (Å²) in [5, 5.41) is 10.3. The lowest BCUT2D eigenvalue weighted by molar-refractivity contribution is 0.171. The van der Waals surface area contributed by atoms with E-state index in [9.17, 15) is 0 Å². The summed E-state index contributed by atoms with van der Waals surface area (Å²) in [4.78, 5) is 0. The van der Waals surface area contributed by atoms with Gasteiger partial charge in [0.15, 0.2) is 16.7 Å². The molecule has 2 aliphatic rings. The van der Waals surface area contributed by atoms with E-state index in [2.05, 4.69) is 21.7 Å². The molecule has 7 heteroatoms. The fraction of sp³-hybridized carbons (Fsp3) is 0.500. The average molecular weight is 352 g/mol. The highest BCUT2D eigenvalue weighted by atomic mass is 35.5. The molecule has 1 aliphatic heterocycles. The van der Waals surface area contributed by atoms with E-state index in [0.717, 1.165) is 34.6 Å². The zero-order valence-electron chi connectivity index (χ0n) is 12.9. The van der Waals surface area contributed by atoms with Gasteiger partial charge < -0.3 is 14.0 Å². The fourth-order valence-corrected chi connectivity index (χ4v) is 3.97. The SMILES string of the molecule is CCn1c(SCc2cc(Cl)c3c(c2)OCCO3)nnc1C1CC1. The number of benzene rings is 1. The van der Waals surface area contributed by atoms with Crippen LogP contribution in [0.5, 0.6) is 11.5 Å². The first-order valence-corrected chi connectivity index (χ1v) is 9.26. The number of thioether (sulfide) groups is 1. The third-order valence-electron chi connectivity index (χ3n) is 4.03. The van der Waals surface area contributed by atoms with Crippen LogP contribution >= 0.6 is 23.4 Å². The molecule has 5 nitrogen and oxygen atoms in total. The first-order valence-electron chi connectivity index (χ1n) is 7.90. The molecule has 4 rings (SSSR count). The standard InChI is InChI=1S/C16H18ClN3O2S/c1-2-20-15(11-3-4-11)18-19-16(20)23-9-10-7-12(17)14-13(8-10)21-5-6-22-14/h7-8,11H,2-6,9H2,1H3. The number of aromatic nitrogens is 3. The second-order valence-electron chi connectivity index (χ2n) is 5.75. The largest absolute Gasteiger partial charge is 0.486 e. The first kappa shape index (κ1) is 15.1. The van der Waals surface area contributed by atoms with Crippen LogP contribution in [-0.4, -0.2) is 28.0 Å². The van der Waals surface area contributed by atoms with E-state index < -0.39 is 0 Å². The highest BCUT2D eigenvalue weighted by Gasteiger charge is 2.30. The smallest absolute Gasteiger partial charge is 0.191 e. The van der Waals surface area contributed by atoms with Crippen LogP contribution in [0.1, 0.15) is 37.1 Å². The van der Waals surface area contributed by atoms with Crippen LogP contribution < -0.4 is 9.47 Å². The molecule has 122 valence electrons. The maximum absolute atomic E-state index is 6.29. The van der Waals surface area contributed by atoms with Gasteiger partial charge in [0, 0.05) is 18.2 Å². The van der Waals surface area contributed by atoms with Crippen LogP contribution in [-0.2, 0) is 12.3 Å². The summed E-state index contributed by atoms with van der Waals surface area (Å²) in [5.74, 6) is 3.91. The molecule has 1 fully saturated rings. The highest BCUT2D eigenvalue weighted by Crippen LogP contribution is 2.41. The van der Waals surface area contributed by atoms with Gasteiger partial charge in [-0.05, 0) is 37.5 Å². The molecular formula is C16H18ClN3O2S. The third-order valence-corrected chi connectivity index (χ3v) is 5.35. The van der Waals surface area contributed by atoms with E-state index in [1.165, 1.54) is 12.8 Å². The summed E-state index contributed by atoms with van der Waals surface area (Å²) >= 11 is 7.98. The lowest BCUT2D eigenvalue weighted by Crippen LogP contribution is -2.15. The molecule has 1 saturated carbocycles. The zero-order valence-corrected chi connectivity index (χ0v) is 14.5. The van der Waals surface area contributed by atoms with Gasteiger partial charge in [-0.3, -0.25) is 0 Å². The quantitative estimate of drug-likeness (QED) is 0.765. The predicted molar refractivity (Wildman–Crippen MR) is 89.7 cm³/mol. The van der Waals surface area contributed by atoms with E-state index in [0.29, 0.717) is 29.9 Å². The lowest BCUT2D eigenvalue weighted by Gasteiger charge is -2.20. The van der Waals surface area contributed by atoms with Crippen LogP contribution in [0, 0.1) is 0 Å². The van der Waals surface area contributed by atoms with Crippen molar-refractivity contribution >= 4 is 23.4 Å². The molecule has 0 bridgehead atoms. The topological polar surface area (TPSA) is 49.2 Å². The Morgan fingerprint density at radius 2 is 2.09 bits per heavy atom. The number of hydrogen-bond acceptors (Lipinski definition) is 5. The molecule has 1 aromatic carbocycles. The summed E-state index contributed by atoms with van der Waals surface area (Å²) in [5.41, 5.74) is 1.10. The summed E-state index contributed by atoms with van der Waals surface area (Å²) in [6.45, 7) is 4.16. The Morgan fingerprint density at radius 1 is 1.26 bits per heavy atom. The number of ether oxygens (including phenoxy) is 2. The summed E-state index contributed by atoms with van der Waals surface area (Å²) in [6.07, 6.45) is 2.47. The molecule has 0 saturated heterocycles. The van der Waals surface area contributed by atoms with E-state index in [4.69, 9.17) is 21.1 Å². The van der Waals surface area contributed by atoms with Crippen molar-refractivity contribution in [1.29, 1.82) is 0 Å². The Kier molecular flexibility index (Phi) is 4.11. The maximum Gasteiger partial charge on any atom is 0.191 e. The molecule has 0 spiro atoms. The molecule has 23 heavy (non-hydrogen) atoms. The van der Waals surface area contributed by atoms with Crippen LogP contribution in [0.4, 0.5) is 0 Å².